The van der Waals surface area contributed by atoms with Crippen LogP contribution < -0.4 is 5.32 Å². The van der Waals surface area contributed by atoms with Crippen molar-refractivity contribution in [2.45, 2.75) is 37.6 Å². The molecule has 5 rings (SSSR count). The van der Waals surface area contributed by atoms with E-state index in [4.69, 9.17) is 5.26 Å². The number of Topliss-reactive ketones (excluding diaryl/α,β-unsaturated/α-hetero) is 1. The van der Waals surface area contributed by atoms with Gasteiger partial charge < -0.3 is 10.2 Å². The summed E-state index contributed by atoms with van der Waals surface area (Å²) in [6.07, 6.45) is 5.02. The van der Waals surface area contributed by atoms with Crippen molar-refractivity contribution in [3.05, 3.63) is 76.5 Å². The Kier molecular flexibility index (Phi) is 8.11. The van der Waals surface area contributed by atoms with Crippen LogP contribution in [0.2, 0.25) is 0 Å². The van der Waals surface area contributed by atoms with Crippen LogP contribution in [0.1, 0.15) is 56.7 Å². The molecule has 2 aliphatic heterocycles. The van der Waals surface area contributed by atoms with E-state index in [1.807, 2.05) is 42.5 Å². The van der Waals surface area contributed by atoms with Gasteiger partial charge in [0.2, 0.25) is 5.91 Å². The third-order valence-electron chi connectivity index (χ3n) is 6.89. The molecule has 0 aliphatic carbocycles. The molecule has 0 radical (unpaired) electrons. The van der Waals surface area contributed by atoms with Gasteiger partial charge in [-0.3, -0.25) is 19.4 Å². The van der Waals surface area contributed by atoms with Gasteiger partial charge in [-0.15, -0.1) is 0 Å². The molecule has 0 bridgehead atoms. The fourth-order valence-corrected chi connectivity index (χ4v) is 4.95. The second kappa shape index (κ2) is 11.3. The van der Waals surface area contributed by atoms with E-state index in [1.165, 1.54) is 6.20 Å². The molecule has 0 spiro atoms. The van der Waals surface area contributed by atoms with Crippen molar-refractivity contribution in [3.8, 4) is 6.07 Å². The molecule has 3 heterocycles. The average molecular weight is 549 g/mol. The van der Waals surface area contributed by atoms with Crippen molar-refractivity contribution in [2.24, 2.45) is 0 Å². The Balaban J connectivity index is 0.00000353. The number of carbonyl (C=O) groups is 3. The molecule has 7 nitrogen and oxygen atoms in total. The summed E-state index contributed by atoms with van der Waals surface area (Å²) in [5.74, 6) is -4.10. The summed E-state index contributed by atoms with van der Waals surface area (Å²) in [6.45, 7) is -0.188. The van der Waals surface area contributed by atoms with Gasteiger partial charge in [0.1, 0.15) is 6.04 Å². The van der Waals surface area contributed by atoms with Crippen LogP contribution in [0.5, 0.6) is 0 Å². The molecule has 1 atom stereocenters. The average Bonchev–Trinajstić information content (AvgIpc) is 3.24. The summed E-state index contributed by atoms with van der Waals surface area (Å²) in [6, 6.07) is 13.4. The van der Waals surface area contributed by atoms with Gasteiger partial charge in [-0.1, -0.05) is 30.4 Å². The van der Waals surface area contributed by atoms with Crippen LogP contribution >= 0.6 is 13.5 Å². The highest BCUT2D eigenvalue weighted by Gasteiger charge is 2.47. The summed E-state index contributed by atoms with van der Waals surface area (Å²) in [7, 11) is 0. The first-order chi connectivity index (χ1) is 18.2. The first-order valence-corrected chi connectivity index (χ1v) is 12.3. The molecule has 1 fully saturated rings. The topological polar surface area (TPSA) is 103 Å². The van der Waals surface area contributed by atoms with E-state index in [0.717, 1.165) is 28.0 Å². The number of fused-ring (bicyclic) bond motifs is 2. The molecule has 2 aromatic carbocycles. The van der Waals surface area contributed by atoms with Crippen LogP contribution in [-0.4, -0.2) is 52.5 Å². The predicted octanol–water partition coefficient (Wildman–Crippen LogP) is 4.53. The fourth-order valence-electron chi connectivity index (χ4n) is 4.95. The number of amides is 2. The summed E-state index contributed by atoms with van der Waals surface area (Å²) in [5.41, 5.74) is 4.47. The molecule has 0 unspecified atom stereocenters. The largest absolute Gasteiger partial charge is 0.352 e. The number of carbonyl (C=O) groups excluding carboxylic acids is 3. The number of halogens is 2. The van der Waals surface area contributed by atoms with Crippen molar-refractivity contribution >= 4 is 54.1 Å². The molecule has 3 aromatic rings. The summed E-state index contributed by atoms with van der Waals surface area (Å²) < 4.78 is 27.4. The number of hydrogen-bond acceptors (Lipinski definition) is 5. The number of ketones is 1. The number of alkyl halides is 2. The van der Waals surface area contributed by atoms with Crippen molar-refractivity contribution in [1.29, 1.82) is 5.26 Å². The van der Waals surface area contributed by atoms with Crippen LogP contribution in [0.3, 0.4) is 0 Å². The van der Waals surface area contributed by atoms with E-state index < -0.39 is 30.8 Å². The van der Waals surface area contributed by atoms with Gasteiger partial charge in [-0.2, -0.15) is 18.8 Å². The van der Waals surface area contributed by atoms with E-state index in [2.05, 4.69) is 10.3 Å². The van der Waals surface area contributed by atoms with Crippen LogP contribution in [0.4, 0.5) is 8.78 Å². The molecule has 0 saturated carbocycles. The molecule has 1 saturated heterocycles. The predicted molar refractivity (Wildman–Crippen MR) is 148 cm³/mol. The number of pyridine rings is 1. The SMILES string of the molecule is N#C[C@@H]1CC(F)(F)CN1C(=O)CCC(=O)c1ccnc2ccc(/C=C/c3ccc4c(c3)CCNC4=O)cc12.S. The zero-order valence-electron chi connectivity index (χ0n) is 20.9. The molecular weight excluding hydrogens is 522 g/mol. The van der Waals surface area contributed by atoms with E-state index in [9.17, 15) is 23.2 Å². The minimum absolute atomic E-state index is 0. The minimum Gasteiger partial charge on any atom is -0.352 e. The molecule has 2 aliphatic rings. The Morgan fingerprint density at radius 1 is 1.13 bits per heavy atom. The van der Waals surface area contributed by atoms with Crippen LogP contribution in [0.25, 0.3) is 23.1 Å². The summed E-state index contributed by atoms with van der Waals surface area (Å²) >= 11 is 0. The Morgan fingerprint density at radius 2 is 1.87 bits per heavy atom. The smallest absolute Gasteiger partial charge is 0.268 e. The van der Waals surface area contributed by atoms with Crippen molar-refractivity contribution in [1.82, 2.24) is 15.2 Å². The molecule has 2 amide bonds. The molecule has 200 valence electrons. The number of benzene rings is 2. The van der Waals surface area contributed by atoms with Crippen LogP contribution in [-0.2, 0) is 11.2 Å². The first kappa shape index (κ1) is 27.9. The summed E-state index contributed by atoms with van der Waals surface area (Å²) in [5, 5.41) is 12.6. The number of hydrogen-bond donors (Lipinski definition) is 1. The number of nitrogens with zero attached hydrogens (tertiary/aromatic N) is 3. The highest BCUT2D eigenvalue weighted by Crippen LogP contribution is 2.32. The Hall–Kier alpha value is -4.10. The molecular formula is C29H26F2N4O3S. The van der Waals surface area contributed by atoms with Gasteiger partial charge >= 0.3 is 0 Å². The number of likely N-dealkylation sites (tertiary alicyclic amines) is 1. The maximum Gasteiger partial charge on any atom is 0.268 e. The standard InChI is InChI=1S/C29H24F2N4O3.H2S/c30-29(31)15-21(16-32)35(17-29)27(37)8-7-26(36)23-10-12-33-25-6-4-19(14-24(23)25)2-1-18-3-5-22-20(13-18)9-11-34-28(22)38;/h1-6,10,12-14,21H,7-9,11,15,17H2,(H,34,38);1H2/b2-1+;/t21-;/m0./s1. The fraction of sp³-hybridized carbons (Fsp3) is 0.276. The van der Waals surface area contributed by atoms with Gasteiger partial charge in [-0.05, 0) is 47.4 Å². The van der Waals surface area contributed by atoms with Gasteiger partial charge in [0, 0.05) is 48.5 Å². The number of aromatic nitrogens is 1. The first-order valence-electron chi connectivity index (χ1n) is 12.3. The third kappa shape index (κ3) is 5.99. The summed E-state index contributed by atoms with van der Waals surface area (Å²) in [4.78, 5) is 42.7. The Morgan fingerprint density at radius 3 is 2.64 bits per heavy atom. The van der Waals surface area contributed by atoms with Gasteiger partial charge in [0.25, 0.3) is 11.8 Å². The molecule has 10 heteroatoms. The van der Waals surface area contributed by atoms with Gasteiger partial charge in [0.15, 0.2) is 5.78 Å². The highest BCUT2D eigenvalue weighted by atomic mass is 32.1. The lowest BCUT2D eigenvalue weighted by molar-refractivity contribution is -0.132. The van der Waals surface area contributed by atoms with Crippen molar-refractivity contribution < 1.29 is 23.2 Å². The highest BCUT2D eigenvalue weighted by molar-refractivity contribution is 7.59. The maximum absolute atomic E-state index is 13.7. The number of nitrogens with one attached hydrogen (secondary N) is 1. The number of rotatable bonds is 6. The monoisotopic (exact) mass is 548 g/mol. The quantitative estimate of drug-likeness (QED) is 0.360. The minimum atomic E-state index is -3.10. The Bertz CT molecular complexity index is 1530. The second-order valence-electron chi connectivity index (χ2n) is 9.54. The molecule has 1 N–H and O–H groups in total. The van der Waals surface area contributed by atoms with E-state index in [0.29, 0.717) is 28.6 Å². The normalized spacial score (nSPS) is 17.8. The lowest BCUT2D eigenvalue weighted by Crippen LogP contribution is -2.36. The zero-order chi connectivity index (χ0) is 26.9. The third-order valence-corrected chi connectivity index (χ3v) is 6.89. The van der Waals surface area contributed by atoms with E-state index >= 15 is 0 Å². The Labute approximate surface area is 231 Å². The van der Waals surface area contributed by atoms with Gasteiger partial charge in [0.05, 0.1) is 18.1 Å². The zero-order valence-corrected chi connectivity index (χ0v) is 21.9. The van der Waals surface area contributed by atoms with Crippen molar-refractivity contribution in [2.75, 3.05) is 13.1 Å². The maximum atomic E-state index is 13.7. The molecule has 1 aromatic heterocycles. The second-order valence-corrected chi connectivity index (χ2v) is 9.54. The van der Waals surface area contributed by atoms with E-state index in [-0.39, 0.29) is 38.0 Å². The molecule has 39 heavy (non-hydrogen) atoms. The number of nitriles is 1. The van der Waals surface area contributed by atoms with Crippen molar-refractivity contribution in [3.63, 3.8) is 0 Å². The van der Waals surface area contributed by atoms with Crippen LogP contribution in [0, 0.1) is 11.3 Å². The lowest BCUT2D eigenvalue weighted by Gasteiger charge is -2.18. The van der Waals surface area contributed by atoms with Crippen LogP contribution in [0.15, 0.2) is 48.7 Å². The van der Waals surface area contributed by atoms with E-state index in [1.54, 1.807) is 18.2 Å². The van der Waals surface area contributed by atoms with Gasteiger partial charge in [-0.25, -0.2) is 8.78 Å². The lowest BCUT2D eigenvalue weighted by atomic mass is 9.97.